The Bertz CT molecular complexity index is 408. The number of ketones is 1. The third-order valence-corrected chi connectivity index (χ3v) is 3.32. The Hall–Kier alpha value is -0.747. The molecule has 0 saturated carbocycles. The van der Waals surface area contributed by atoms with Crippen molar-refractivity contribution in [2.45, 2.75) is 19.8 Å². The molecular formula is C12H11ORu. The number of carbonyl (C=O) groups is 1. The van der Waals surface area contributed by atoms with Crippen molar-refractivity contribution in [2.24, 2.45) is 0 Å². The summed E-state index contributed by atoms with van der Waals surface area (Å²) in [4.78, 5) is 11.4. The first-order valence-electron chi connectivity index (χ1n) is 4.65. The molecular weight excluding hydrogens is 261 g/mol. The van der Waals surface area contributed by atoms with Gasteiger partial charge in [0, 0.05) is 0 Å². The molecule has 0 spiro atoms. The molecule has 0 aromatic rings. The number of hydrogen-bond donors (Lipinski definition) is 0. The summed E-state index contributed by atoms with van der Waals surface area (Å²) in [5, 5.41) is 0. The summed E-state index contributed by atoms with van der Waals surface area (Å²) < 4.78 is 1.31. The SMILES string of the molecule is CC(=O)C1=C(C2=[C]([Ru])CC=C2)CC=C1. The van der Waals surface area contributed by atoms with Crippen molar-refractivity contribution in [3.8, 4) is 0 Å². The zero-order valence-electron chi connectivity index (χ0n) is 7.99. The minimum absolute atomic E-state index is 0.168. The van der Waals surface area contributed by atoms with Gasteiger partial charge in [0.25, 0.3) is 0 Å². The van der Waals surface area contributed by atoms with Gasteiger partial charge in [-0.15, -0.1) is 0 Å². The number of hydrogen-bond acceptors (Lipinski definition) is 1. The Morgan fingerprint density at radius 3 is 2.57 bits per heavy atom. The van der Waals surface area contributed by atoms with Crippen molar-refractivity contribution in [3.63, 3.8) is 0 Å². The Kier molecular flexibility index (Phi) is 2.65. The van der Waals surface area contributed by atoms with Crippen LogP contribution in [0, 0.1) is 0 Å². The fourth-order valence-electron chi connectivity index (χ4n) is 1.83. The first kappa shape index (κ1) is 9.79. The average molecular weight is 272 g/mol. The molecule has 73 valence electrons. The molecule has 2 aliphatic rings. The van der Waals surface area contributed by atoms with Gasteiger partial charge in [0.15, 0.2) is 0 Å². The number of allylic oxidation sites excluding steroid dienone is 8. The summed E-state index contributed by atoms with van der Waals surface area (Å²) >= 11 is 2.66. The summed E-state index contributed by atoms with van der Waals surface area (Å²) in [5.74, 6) is 0.168. The van der Waals surface area contributed by atoms with Gasteiger partial charge >= 0.3 is 93.8 Å². The van der Waals surface area contributed by atoms with Crippen LogP contribution in [-0.4, -0.2) is 5.78 Å². The topological polar surface area (TPSA) is 17.1 Å². The van der Waals surface area contributed by atoms with Gasteiger partial charge in [-0.3, -0.25) is 0 Å². The van der Waals surface area contributed by atoms with Gasteiger partial charge in [-0.25, -0.2) is 0 Å². The van der Waals surface area contributed by atoms with Crippen molar-refractivity contribution in [1.82, 2.24) is 0 Å². The van der Waals surface area contributed by atoms with Gasteiger partial charge in [-0.1, -0.05) is 0 Å². The number of rotatable bonds is 2. The van der Waals surface area contributed by atoms with E-state index in [0.29, 0.717) is 0 Å². The van der Waals surface area contributed by atoms with Gasteiger partial charge < -0.3 is 0 Å². The summed E-state index contributed by atoms with van der Waals surface area (Å²) in [6, 6.07) is 0. The predicted octanol–water partition coefficient (Wildman–Crippen LogP) is 2.59. The van der Waals surface area contributed by atoms with Gasteiger partial charge in [-0.05, 0) is 0 Å². The van der Waals surface area contributed by atoms with E-state index in [0.717, 1.165) is 18.4 Å². The summed E-state index contributed by atoms with van der Waals surface area (Å²) in [6.45, 7) is 1.63. The van der Waals surface area contributed by atoms with Crippen LogP contribution in [0.15, 0.2) is 45.2 Å². The number of Topliss-reactive ketones (excluding diaryl/α,β-unsaturated/α-hetero) is 1. The summed E-state index contributed by atoms with van der Waals surface area (Å²) in [6.07, 6.45) is 10.2. The first-order chi connectivity index (χ1) is 6.70. The molecule has 0 radical (unpaired) electrons. The van der Waals surface area contributed by atoms with Crippen LogP contribution in [0.25, 0.3) is 0 Å². The molecule has 0 aliphatic heterocycles. The fourth-order valence-corrected chi connectivity index (χ4v) is 2.44. The molecule has 0 aromatic heterocycles. The van der Waals surface area contributed by atoms with Crippen LogP contribution >= 0.6 is 0 Å². The molecule has 0 atom stereocenters. The predicted molar refractivity (Wildman–Crippen MR) is 52.2 cm³/mol. The maximum absolute atomic E-state index is 11.4. The second-order valence-corrected chi connectivity index (χ2v) is 4.51. The van der Waals surface area contributed by atoms with E-state index in [-0.39, 0.29) is 5.78 Å². The van der Waals surface area contributed by atoms with Crippen LogP contribution < -0.4 is 0 Å². The molecule has 0 bridgehead atoms. The van der Waals surface area contributed by atoms with E-state index in [9.17, 15) is 4.79 Å². The molecule has 2 aliphatic carbocycles. The second-order valence-electron chi connectivity index (χ2n) is 3.47. The first-order valence-corrected chi connectivity index (χ1v) is 5.52. The van der Waals surface area contributed by atoms with Gasteiger partial charge in [0.1, 0.15) is 0 Å². The molecule has 0 amide bonds. The Morgan fingerprint density at radius 1 is 1.29 bits per heavy atom. The monoisotopic (exact) mass is 273 g/mol. The molecule has 2 rings (SSSR count). The maximum atomic E-state index is 11.4. The quantitative estimate of drug-likeness (QED) is 0.706. The third kappa shape index (κ3) is 1.59. The van der Waals surface area contributed by atoms with Gasteiger partial charge in [-0.2, -0.15) is 0 Å². The van der Waals surface area contributed by atoms with Crippen LogP contribution in [0.1, 0.15) is 19.8 Å². The van der Waals surface area contributed by atoms with Gasteiger partial charge in [0.2, 0.25) is 0 Å². The van der Waals surface area contributed by atoms with Gasteiger partial charge in [0.05, 0.1) is 0 Å². The van der Waals surface area contributed by atoms with Crippen LogP contribution in [0.5, 0.6) is 0 Å². The summed E-state index contributed by atoms with van der Waals surface area (Å²) in [7, 11) is 0. The molecule has 0 aromatic carbocycles. The fraction of sp³-hybridized carbons (Fsp3) is 0.250. The molecule has 0 heterocycles. The second kappa shape index (κ2) is 3.78. The van der Waals surface area contributed by atoms with Crippen molar-refractivity contribution >= 4 is 5.78 Å². The molecule has 2 heteroatoms. The van der Waals surface area contributed by atoms with E-state index in [4.69, 9.17) is 0 Å². The van der Waals surface area contributed by atoms with E-state index in [1.54, 1.807) is 6.92 Å². The zero-order valence-corrected chi connectivity index (χ0v) is 9.72. The third-order valence-electron chi connectivity index (χ3n) is 2.50. The van der Waals surface area contributed by atoms with Crippen LogP contribution in [0.2, 0.25) is 0 Å². The van der Waals surface area contributed by atoms with E-state index < -0.39 is 0 Å². The van der Waals surface area contributed by atoms with Crippen LogP contribution in [-0.2, 0) is 23.1 Å². The number of carbonyl (C=O) groups excluding carboxylic acids is 1. The van der Waals surface area contributed by atoms with Crippen molar-refractivity contribution < 1.29 is 23.1 Å². The van der Waals surface area contributed by atoms with E-state index >= 15 is 0 Å². The van der Waals surface area contributed by atoms with Crippen LogP contribution in [0.3, 0.4) is 0 Å². The Balaban J connectivity index is 2.44. The van der Waals surface area contributed by atoms with Crippen LogP contribution in [0.4, 0.5) is 0 Å². The van der Waals surface area contributed by atoms with Crippen molar-refractivity contribution in [2.75, 3.05) is 0 Å². The Morgan fingerprint density at radius 2 is 2.00 bits per heavy atom. The molecule has 14 heavy (non-hydrogen) atoms. The van der Waals surface area contributed by atoms with E-state index in [2.05, 4.69) is 36.5 Å². The zero-order chi connectivity index (χ0) is 10.1. The molecule has 0 N–H and O–H groups in total. The molecule has 0 saturated heterocycles. The van der Waals surface area contributed by atoms with E-state index in [1.807, 2.05) is 6.08 Å². The molecule has 0 fully saturated rings. The Labute approximate surface area is 93.9 Å². The molecule has 0 unspecified atom stereocenters. The van der Waals surface area contributed by atoms with E-state index in [1.165, 1.54) is 15.3 Å². The average Bonchev–Trinajstić information content (AvgIpc) is 2.70. The van der Waals surface area contributed by atoms with Crippen molar-refractivity contribution in [3.05, 3.63) is 45.2 Å². The molecule has 1 nitrogen and oxygen atoms in total. The van der Waals surface area contributed by atoms with Crippen molar-refractivity contribution in [1.29, 1.82) is 0 Å². The minimum atomic E-state index is 0.168. The summed E-state index contributed by atoms with van der Waals surface area (Å²) in [5.41, 5.74) is 3.32. The normalized spacial score (nSPS) is 20.1. The standard InChI is InChI=1S/C12H11O.Ru/c1-9(13)11-7-4-8-12(11)10-5-2-3-6-10;/h2,4-5,7H,3,8H2,1H3;.